The molecule has 0 aromatic heterocycles. The number of benzene rings is 5. The molecule has 1 saturated heterocycles. The van der Waals surface area contributed by atoms with Gasteiger partial charge in [-0.3, -0.25) is 14.4 Å². The molecule has 5 aromatic carbocycles. The highest BCUT2D eigenvalue weighted by molar-refractivity contribution is 6.39. The molecule has 1 aliphatic heterocycles. The Morgan fingerprint density at radius 3 is 1.39 bits per heavy atom. The van der Waals surface area contributed by atoms with E-state index in [-0.39, 0.29) is 17.0 Å². The maximum absolute atomic E-state index is 16.0. The number of imide groups is 1. The zero-order valence-electron chi connectivity index (χ0n) is 27.1. The number of allylic oxidation sites excluding steroid dienone is 2. The number of hydrogen-bond acceptors (Lipinski definition) is 5. The molecular formula is C43H33NO5. The third-order valence-corrected chi connectivity index (χ3v) is 10.3. The fourth-order valence-electron chi connectivity index (χ4n) is 8.69. The van der Waals surface area contributed by atoms with Gasteiger partial charge in [0.15, 0.2) is 5.78 Å². The number of ketones is 1. The number of para-hydroxylation sites is 1. The van der Waals surface area contributed by atoms with Gasteiger partial charge in [-0.05, 0) is 59.4 Å². The average Bonchev–Trinajstić information content (AvgIpc) is 3.65. The molecule has 2 bridgehead atoms. The molecule has 0 radical (unpaired) electrons. The van der Waals surface area contributed by atoms with E-state index in [1.165, 1.54) is 0 Å². The molecule has 1 heterocycles. The largest absolute Gasteiger partial charge is 0.459 e. The van der Waals surface area contributed by atoms with E-state index in [1.54, 1.807) is 38.1 Å². The Morgan fingerprint density at radius 1 is 0.571 bits per heavy atom. The van der Waals surface area contributed by atoms with Crippen molar-refractivity contribution in [3.8, 4) is 0 Å². The maximum Gasteiger partial charge on any atom is 0.340 e. The van der Waals surface area contributed by atoms with E-state index in [2.05, 4.69) is 0 Å². The average molecular weight is 644 g/mol. The summed E-state index contributed by atoms with van der Waals surface area (Å²) in [5.74, 6) is -4.05. The van der Waals surface area contributed by atoms with Gasteiger partial charge in [0.1, 0.15) is 0 Å². The molecule has 6 heteroatoms. The number of nitrogens with zero attached hydrogens (tertiary/aromatic N) is 1. The second-order valence-electron chi connectivity index (χ2n) is 13.1. The minimum Gasteiger partial charge on any atom is -0.459 e. The molecule has 8 rings (SSSR count). The standard InChI is InChI=1S/C43H33NO5/c1-27(2)49-40(47)32-25-15-16-26-33(32)44-38(45)36-37(39(44)46)43(31-23-13-6-14-24-31)35(29-19-9-4-10-20-29)34(28-17-7-3-8-18-28)42(36,41(43)48)30-21-11-5-12-22-30/h3-27,36-37H,1-2H3/t36-,37-,42-,43-/m0/s1. The molecule has 2 fully saturated rings. The van der Waals surface area contributed by atoms with Crippen molar-refractivity contribution in [3.05, 3.63) is 173 Å². The number of fused-ring (bicyclic) bond motifs is 5. The summed E-state index contributed by atoms with van der Waals surface area (Å²) in [6.45, 7) is 3.49. The predicted octanol–water partition coefficient (Wildman–Crippen LogP) is 7.44. The van der Waals surface area contributed by atoms with E-state index in [0.717, 1.165) is 27.2 Å². The Kier molecular flexibility index (Phi) is 7.07. The van der Waals surface area contributed by atoms with E-state index < -0.39 is 46.6 Å². The molecule has 240 valence electrons. The van der Waals surface area contributed by atoms with Crippen LogP contribution in [0.1, 0.15) is 46.5 Å². The third kappa shape index (κ3) is 4.07. The van der Waals surface area contributed by atoms with Crippen LogP contribution in [0.25, 0.3) is 11.1 Å². The maximum atomic E-state index is 16.0. The van der Waals surface area contributed by atoms with Gasteiger partial charge in [-0.2, -0.15) is 0 Å². The summed E-state index contributed by atoms with van der Waals surface area (Å²) in [4.78, 5) is 61.1. The van der Waals surface area contributed by atoms with E-state index in [4.69, 9.17) is 4.74 Å². The summed E-state index contributed by atoms with van der Waals surface area (Å²) < 4.78 is 5.55. The lowest BCUT2D eigenvalue weighted by Crippen LogP contribution is -2.46. The quantitative estimate of drug-likeness (QED) is 0.136. The van der Waals surface area contributed by atoms with Crippen LogP contribution in [-0.4, -0.2) is 29.7 Å². The number of hydrogen-bond donors (Lipinski definition) is 0. The Bertz CT molecular complexity index is 2040. The monoisotopic (exact) mass is 643 g/mol. The summed E-state index contributed by atoms with van der Waals surface area (Å²) in [6, 6.07) is 44.8. The third-order valence-electron chi connectivity index (χ3n) is 10.3. The van der Waals surface area contributed by atoms with Crippen LogP contribution in [0.15, 0.2) is 146 Å². The lowest BCUT2D eigenvalue weighted by molar-refractivity contribution is -0.130. The summed E-state index contributed by atoms with van der Waals surface area (Å²) in [7, 11) is 0. The number of anilines is 1. The lowest BCUT2D eigenvalue weighted by atomic mass is 9.59. The Labute approximate surface area is 284 Å². The molecule has 6 nitrogen and oxygen atoms in total. The minimum absolute atomic E-state index is 0.110. The second-order valence-corrected chi connectivity index (χ2v) is 13.1. The first kappa shape index (κ1) is 30.5. The van der Waals surface area contributed by atoms with E-state index >= 15 is 14.4 Å². The number of carbonyl (C=O) groups is 4. The van der Waals surface area contributed by atoms with E-state index in [0.29, 0.717) is 11.1 Å². The zero-order chi connectivity index (χ0) is 33.9. The van der Waals surface area contributed by atoms with Crippen molar-refractivity contribution in [2.24, 2.45) is 11.8 Å². The first-order valence-electron chi connectivity index (χ1n) is 16.5. The van der Waals surface area contributed by atoms with Crippen molar-refractivity contribution in [1.29, 1.82) is 0 Å². The van der Waals surface area contributed by atoms with Crippen LogP contribution in [0.4, 0.5) is 5.69 Å². The molecule has 2 aliphatic carbocycles. The first-order valence-corrected chi connectivity index (χ1v) is 16.5. The summed E-state index contributed by atoms with van der Waals surface area (Å²) in [5.41, 5.74) is 1.54. The van der Waals surface area contributed by atoms with Gasteiger partial charge in [-0.15, -0.1) is 0 Å². The Hall–Kier alpha value is -5.88. The van der Waals surface area contributed by atoms with Crippen LogP contribution in [0.2, 0.25) is 0 Å². The predicted molar refractivity (Wildman–Crippen MR) is 187 cm³/mol. The molecule has 0 unspecified atom stereocenters. The molecule has 1 saturated carbocycles. The molecule has 5 aromatic rings. The van der Waals surface area contributed by atoms with Crippen molar-refractivity contribution in [3.63, 3.8) is 0 Å². The summed E-state index contributed by atoms with van der Waals surface area (Å²) >= 11 is 0. The molecule has 0 spiro atoms. The van der Waals surface area contributed by atoms with Crippen LogP contribution >= 0.6 is 0 Å². The number of amides is 2. The molecule has 2 amide bonds. The number of rotatable bonds is 7. The van der Waals surface area contributed by atoms with Crippen molar-refractivity contribution >= 4 is 40.4 Å². The summed E-state index contributed by atoms with van der Waals surface area (Å²) in [5, 5.41) is 0. The van der Waals surface area contributed by atoms with Gasteiger partial charge in [0, 0.05) is 0 Å². The van der Waals surface area contributed by atoms with Gasteiger partial charge in [0.2, 0.25) is 11.8 Å². The fourth-order valence-corrected chi connectivity index (χ4v) is 8.69. The molecule has 49 heavy (non-hydrogen) atoms. The molecular weight excluding hydrogens is 610 g/mol. The van der Waals surface area contributed by atoms with Gasteiger partial charge < -0.3 is 4.74 Å². The molecule has 3 aliphatic rings. The van der Waals surface area contributed by atoms with Gasteiger partial charge >= 0.3 is 5.97 Å². The highest BCUT2D eigenvalue weighted by atomic mass is 16.5. The smallest absolute Gasteiger partial charge is 0.340 e. The Balaban J connectivity index is 1.50. The SMILES string of the molecule is CC(C)OC(=O)c1ccccc1N1C(=O)[C@@H]2[C@@H](C1=O)[C@@]1(c3ccccc3)C(=O)[C@@]2(c2ccccc2)C(c2ccccc2)=C1c1ccccc1. The second kappa shape index (κ2) is 11.4. The number of esters is 1. The van der Waals surface area contributed by atoms with Crippen LogP contribution in [0.3, 0.4) is 0 Å². The fraction of sp³-hybridized carbons (Fsp3) is 0.163. The van der Waals surface area contributed by atoms with Gasteiger partial charge in [0.05, 0.1) is 40.0 Å². The van der Waals surface area contributed by atoms with Gasteiger partial charge in [-0.1, -0.05) is 133 Å². The van der Waals surface area contributed by atoms with Crippen molar-refractivity contribution < 1.29 is 23.9 Å². The van der Waals surface area contributed by atoms with Crippen molar-refractivity contribution in [2.45, 2.75) is 30.8 Å². The molecule has 4 atom stereocenters. The molecule has 0 N–H and O–H groups in total. The number of ether oxygens (including phenoxy) is 1. The minimum atomic E-state index is -1.52. The highest BCUT2D eigenvalue weighted by Gasteiger charge is 2.82. The van der Waals surface area contributed by atoms with Crippen LogP contribution in [0.5, 0.6) is 0 Å². The van der Waals surface area contributed by atoms with E-state index in [1.807, 2.05) is 121 Å². The van der Waals surface area contributed by atoms with E-state index in [9.17, 15) is 4.79 Å². The summed E-state index contributed by atoms with van der Waals surface area (Å²) in [6.07, 6.45) is -0.410. The number of Topliss-reactive ketones (excluding diaryl/α,β-unsaturated/α-hetero) is 1. The first-order chi connectivity index (χ1) is 23.8. The van der Waals surface area contributed by atoms with Crippen LogP contribution < -0.4 is 4.90 Å². The number of carbonyl (C=O) groups excluding carboxylic acids is 4. The van der Waals surface area contributed by atoms with Gasteiger partial charge in [0.25, 0.3) is 0 Å². The van der Waals surface area contributed by atoms with Crippen LogP contribution in [-0.2, 0) is 30.0 Å². The Morgan fingerprint density at radius 2 is 0.959 bits per heavy atom. The normalized spacial score (nSPS) is 24.1. The highest BCUT2D eigenvalue weighted by Crippen LogP contribution is 2.74. The van der Waals surface area contributed by atoms with Crippen LogP contribution in [0, 0.1) is 11.8 Å². The topological polar surface area (TPSA) is 80.8 Å². The van der Waals surface area contributed by atoms with Crippen molar-refractivity contribution in [2.75, 3.05) is 4.90 Å². The van der Waals surface area contributed by atoms with Crippen molar-refractivity contribution in [1.82, 2.24) is 0 Å². The zero-order valence-corrected chi connectivity index (χ0v) is 27.1. The lowest BCUT2D eigenvalue weighted by Gasteiger charge is -2.39. The van der Waals surface area contributed by atoms with Gasteiger partial charge in [-0.25, -0.2) is 9.69 Å².